The molecule has 0 N–H and O–H groups in total. The fraction of sp³-hybridized carbons (Fsp3) is 0.500. The van der Waals surface area contributed by atoms with E-state index in [9.17, 15) is 0 Å². The maximum atomic E-state index is 6.03. The lowest BCUT2D eigenvalue weighted by atomic mass is 10.3. The zero-order valence-electron chi connectivity index (χ0n) is 10.8. The molecule has 1 fully saturated rings. The number of imidazole rings is 1. The highest BCUT2D eigenvalue weighted by atomic mass is 79.9. The maximum Gasteiger partial charge on any atom is 0.124 e. The van der Waals surface area contributed by atoms with Crippen molar-refractivity contribution in [3.05, 3.63) is 28.5 Å². The van der Waals surface area contributed by atoms with E-state index in [1.807, 2.05) is 12.1 Å². The van der Waals surface area contributed by atoms with E-state index < -0.39 is 0 Å². The van der Waals surface area contributed by atoms with Gasteiger partial charge in [0.25, 0.3) is 0 Å². The van der Waals surface area contributed by atoms with Gasteiger partial charge in [0.05, 0.1) is 16.9 Å². The van der Waals surface area contributed by atoms with Gasteiger partial charge in [0.1, 0.15) is 5.82 Å². The van der Waals surface area contributed by atoms with Crippen molar-refractivity contribution in [2.45, 2.75) is 25.3 Å². The van der Waals surface area contributed by atoms with Crippen LogP contribution in [0, 0.1) is 0 Å². The van der Waals surface area contributed by atoms with Gasteiger partial charge < -0.3 is 9.47 Å². The molecule has 3 nitrogen and oxygen atoms in total. The van der Waals surface area contributed by atoms with Gasteiger partial charge in [-0.3, -0.25) is 0 Å². The molecule has 102 valence electrons. The Morgan fingerprint density at radius 3 is 2.74 bits per heavy atom. The zero-order chi connectivity index (χ0) is 13.2. The van der Waals surface area contributed by atoms with Crippen molar-refractivity contribution in [1.82, 2.24) is 14.5 Å². The number of hydrogen-bond donors (Lipinski definition) is 0. The number of rotatable bonds is 4. The van der Waals surface area contributed by atoms with Crippen LogP contribution in [0.1, 0.15) is 18.7 Å². The average Bonchev–Trinajstić information content (AvgIpc) is 3.03. The van der Waals surface area contributed by atoms with E-state index in [4.69, 9.17) is 11.6 Å². The molecular formula is C14H17BrClN3. The van der Waals surface area contributed by atoms with E-state index in [0.717, 1.165) is 28.9 Å². The highest BCUT2D eigenvalue weighted by Gasteiger charge is 2.14. The van der Waals surface area contributed by atoms with Crippen molar-refractivity contribution in [3.8, 4) is 0 Å². The van der Waals surface area contributed by atoms with E-state index >= 15 is 0 Å². The third-order valence-electron chi connectivity index (χ3n) is 3.75. The first-order valence-corrected chi connectivity index (χ1v) is 8.03. The summed E-state index contributed by atoms with van der Waals surface area (Å²) in [6.45, 7) is 4.51. The molecule has 5 heteroatoms. The van der Waals surface area contributed by atoms with Gasteiger partial charge in [-0.25, -0.2) is 4.98 Å². The predicted molar refractivity (Wildman–Crippen MR) is 82.7 cm³/mol. The molecule has 1 aromatic heterocycles. The van der Waals surface area contributed by atoms with Crippen LogP contribution in [0.4, 0.5) is 0 Å². The summed E-state index contributed by atoms with van der Waals surface area (Å²) < 4.78 is 3.34. The summed E-state index contributed by atoms with van der Waals surface area (Å²) in [7, 11) is 0. The lowest BCUT2D eigenvalue weighted by Gasteiger charge is -2.16. The number of alkyl halides is 1. The smallest absolute Gasteiger partial charge is 0.124 e. The molecule has 0 unspecified atom stereocenters. The molecule has 0 saturated carbocycles. The Morgan fingerprint density at radius 2 is 2.00 bits per heavy atom. The molecule has 1 aliphatic rings. The largest absolute Gasteiger partial charge is 0.326 e. The number of benzene rings is 1. The number of hydrogen-bond acceptors (Lipinski definition) is 2. The van der Waals surface area contributed by atoms with Gasteiger partial charge in [0.2, 0.25) is 0 Å². The van der Waals surface area contributed by atoms with Crippen LogP contribution < -0.4 is 0 Å². The predicted octanol–water partition coefficient (Wildman–Crippen LogP) is 3.63. The molecule has 1 aliphatic heterocycles. The van der Waals surface area contributed by atoms with Gasteiger partial charge in [0, 0.05) is 17.6 Å². The third-order valence-corrected chi connectivity index (χ3v) is 4.48. The van der Waals surface area contributed by atoms with Crippen LogP contribution in [0.3, 0.4) is 0 Å². The fourth-order valence-corrected chi connectivity index (χ4v) is 3.30. The number of aromatic nitrogens is 2. The summed E-state index contributed by atoms with van der Waals surface area (Å²) in [4.78, 5) is 7.12. The normalized spacial score (nSPS) is 16.5. The summed E-state index contributed by atoms with van der Waals surface area (Å²) in [5.74, 6) is 1.43. The van der Waals surface area contributed by atoms with Crippen LogP contribution in [-0.4, -0.2) is 34.1 Å². The second-order valence-electron chi connectivity index (χ2n) is 5.00. The van der Waals surface area contributed by atoms with E-state index in [1.54, 1.807) is 0 Å². The first-order chi connectivity index (χ1) is 9.28. The molecule has 1 saturated heterocycles. The highest BCUT2D eigenvalue weighted by Crippen LogP contribution is 2.22. The van der Waals surface area contributed by atoms with E-state index in [-0.39, 0.29) is 0 Å². The number of nitrogens with zero attached hydrogens (tertiary/aromatic N) is 3. The lowest BCUT2D eigenvalue weighted by Crippen LogP contribution is -2.24. The fourth-order valence-electron chi connectivity index (χ4n) is 2.74. The Bertz CT molecular complexity index is 575. The summed E-state index contributed by atoms with van der Waals surface area (Å²) in [6, 6.07) is 6.20. The van der Waals surface area contributed by atoms with Gasteiger partial charge in [-0.05, 0) is 44.1 Å². The van der Waals surface area contributed by atoms with Crippen molar-refractivity contribution in [1.29, 1.82) is 0 Å². The molecule has 19 heavy (non-hydrogen) atoms. The summed E-state index contributed by atoms with van der Waals surface area (Å²) >= 11 is 9.56. The standard InChI is InChI=1S/C14H17BrClN3/c15-11-3-4-12-13(9-11)19(14(10-16)17-12)8-7-18-5-1-2-6-18/h3-4,9H,1-2,5-8,10H2. The average molecular weight is 343 g/mol. The monoisotopic (exact) mass is 341 g/mol. The molecular weight excluding hydrogens is 326 g/mol. The van der Waals surface area contributed by atoms with Gasteiger partial charge in [0.15, 0.2) is 0 Å². The Morgan fingerprint density at radius 1 is 1.21 bits per heavy atom. The molecule has 2 heterocycles. The van der Waals surface area contributed by atoms with Crippen molar-refractivity contribution in [2.75, 3.05) is 19.6 Å². The van der Waals surface area contributed by atoms with E-state index in [1.165, 1.54) is 31.4 Å². The van der Waals surface area contributed by atoms with Gasteiger partial charge in [-0.2, -0.15) is 0 Å². The van der Waals surface area contributed by atoms with Crippen LogP contribution in [0.5, 0.6) is 0 Å². The van der Waals surface area contributed by atoms with Crippen LogP contribution in [0.2, 0.25) is 0 Å². The Labute approximate surface area is 126 Å². The number of halogens is 2. The topological polar surface area (TPSA) is 21.1 Å². The molecule has 0 bridgehead atoms. The molecule has 0 radical (unpaired) electrons. The van der Waals surface area contributed by atoms with Crippen LogP contribution in [-0.2, 0) is 12.4 Å². The lowest BCUT2D eigenvalue weighted by molar-refractivity contribution is 0.323. The molecule has 1 aromatic carbocycles. The van der Waals surface area contributed by atoms with E-state index in [0.29, 0.717) is 5.88 Å². The molecule has 0 spiro atoms. The molecule has 2 aromatic rings. The van der Waals surface area contributed by atoms with Crippen molar-refractivity contribution in [3.63, 3.8) is 0 Å². The second-order valence-corrected chi connectivity index (χ2v) is 6.18. The zero-order valence-corrected chi connectivity index (χ0v) is 13.1. The quantitative estimate of drug-likeness (QED) is 0.791. The van der Waals surface area contributed by atoms with Crippen molar-refractivity contribution >= 4 is 38.6 Å². The van der Waals surface area contributed by atoms with E-state index in [2.05, 4.69) is 36.4 Å². The summed E-state index contributed by atoms with van der Waals surface area (Å²) in [5.41, 5.74) is 2.20. The summed E-state index contributed by atoms with van der Waals surface area (Å²) in [5, 5.41) is 0. The van der Waals surface area contributed by atoms with Crippen LogP contribution >= 0.6 is 27.5 Å². The number of fused-ring (bicyclic) bond motifs is 1. The molecule has 0 aliphatic carbocycles. The third kappa shape index (κ3) is 2.81. The molecule has 3 rings (SSSR count). The van der Waals surface area contributed by atoms with Crippen molar-refractivity contribution < 1.29 is 0 Å². The SMILES string of the molecule is ClCc1nc2ccc(Br)cc2n1CCN1CCCC1. The Balaban J connectivity index is 1.88. The minimum atomic E-state index is 0.465. The highest BCUT2D eigenvalue weighted by molar-refractivity contribution is 9.10. The van der Waals surface area contributed by atoms with Crippen LogP contribution in [0.15, 0.2) is 22.7 Å². The maximum absolute atomic E-state index is 6.03. The van der Waals surface area contributed by atoms with Gasteiger partial charge in [-0.15, -0.1) is 11.6 Å². The first-order valence-electron chi connectivity index (χ1n) is 6.71. The summed E-state index contributed by atoms with van der Waals surface area (Å²) in [6.07, 6.45) is 2.66. The molecule has 0 atom stereocenters. The minimum Gasteiger partial charge on any atom is -0.326 e. The minimum absolute atomic E-state index is 0.465. The number of likely N-dealkylation sites (tertiary alicyclic amines) is 1. The van der Waals surface area contributed by atoms with Gasteiger partial charge in [-0.1, -0.05) is 15.9 Å². The van der Waals surface area contributed by atoms with Gasteiger partial charge >= 0.3 is 0 Å². The van der Waals surface area contributed by atoms with Crippen LogP contribution in [0.25, 0.3) is 11.0 Å². The first kappa shape index (κ1) is 13.4. The second kappa shape index (κ2) is 5.81. The Kier molecular flexibility index (Phi) is 4.10. The molecule has 0 amide bonds. The van der Waals surface area contributed by atoms with Crippen molar-refractivity contribution in [2.24, 2.45) is 0 Å². The Hall–Kier alpha value is -0.580.